The van der Waals surface area contributed by atoms with Crippen LogP contribution in [0, 0.1) is 5.82 Å². The fourth-order valence-corrected chi connectivity index (χ4v) is 2.54. The Morgan fingerprint density at radius 2 is 1.67 bits per heavy atom. The van der Waals surface area contributed by atoms with Gasteiger partial charge in [0, 0.05) is 28.8 Å². The van der Waals surface area contributed by atoms with Crippen LogP contribution < -0.4 is 10.6 Å². The SMILES string of the molecule is CC(=O)c1ccc(Nc2ccnc(C(=O)Nc3ccc(F)c(Cl)c3)c2)cc1. The van der Waals surface area contributed by atoms with E-state index in [1.807, 2.05) is 0 Å². The van der Waals surface area contributed by atoms with E-state index >= 15 is 0 Å². The lowest BCUT2D eigenvalue weighted by molar-refractivity contribution is 0.101. The molecule has 3 aromatic rings. The number of anilines is 3. The lowest BCUT2D eigenvalue weighted by atomic mass is 10.1. The van der Waals surface area contributed by atoms with E-state index in [9.17, 15) is 14.0 Å². The number of carbonyl (C=O) groups is 2. The van der Waals surface area contributed by atoms with Crippen LogP contribution >= 0.6 is 11.6 Å². The van der Waals surface area contributed by atoms with Crippen LogP contribution in [0.3, 0.4) is 0 Å². The first-order chi connectivity index (χ1) is 12.9. The largest absolute Gasteiger partial charge is 0.355 e. The van der Waals surface area contributed by atoms with Crippen LogP contribution in [0.4, 0.5) is 21.5 Å². The highest BCUT2D eigenvalue weighted by Gasteiger charge is 2.10. The smallest absolute Gasteiger partial charge is 0.274 e. The molecule has 0 saturated heterocycles. The Morgan fingerprint density at radius 1 is 0.963 bits per heavy atom. The second kappa shape index (κ2) is 7.97. The number of aromatic nitrogens is 1. The van der Waals surface area contributed by atoms with E-state index < -0.39 is 11.7 Å². The number of ketones is 1. The Hall–Kier alpha value is -3.25. The van der Waals surface area contributed by atoms with Gasteiger partial charge in [-0.2, -0.15) is 0 Å². The van der Waals surface area contributed by atoms with Crippen molar-refractivity contribution in [3.63, 3.8) is 0 Å². The average Bonchev–Trinajstić information content (AvgIpc) is 2.65. The highest BCUT2D eigenvalue weighted by Crippen LogP contribution is 2.21. The maximum Gasteiger partial charge on any atom is 0.274 e. The topological polar surface area (TPSA) is 71.1 Å². The number of hydrogen-bond acceptors (Lipinski definition) is 4. The second-order valence-electron chi connectivity index (χ2n) is 5.77. The van der Waals surface area contributed by atoms with Gasteiger partial charge in [0.1, 0.15) is 11.5 Å². The number of carbonyl (C=O) groups excluding carboxylic acids is 2. The number of nitrogens with one attached hydrogen (secondary N) is 2. The molecular weight excluding hydrogens is 369 g/mol. The molecule has 1 heterocycles. The molecule has 0 aliphatic carbocycles. The highest BCUT2D eigenvalue weighted by atomic mass is 35.5. The van der Waals surface area contributed by atoms with E-state index in [4.69, 9.17) is 11.6 Å². The summed E-state index contributed by atoms with van der Waals surface area (Å²) in [5.41, 5.74) is 2.59. The molecule has 136 valence electrons. The number of pyridine rings is 1. The fraction of sp³-hybridized carbons (Fsp3) is 0.0500. The van der Waals surface area contributed by atoms with Crippen molar-refractivity contribution in [3.8, 4) is 0 Å². The number of halogens is 2. The number of rotatable bonds is 5. The van der Waals surface area contributed by atoms with Gasteiger partial charge in [0.15, 0.2) is 5.78 Å². The molecule has 0 unspecified atom stereocenters. The molecule has 1 aromatic heterocycles. The van der Waals surface area contributed by atoms with Crippen molar-refractivity contribution in [3.05, 3.63) is 82.9 Å². The van der Waals surface area contributed by atoms with Crippen LogP contribution in [0.2, 0.25) is 5.02 Å². The molecule has 1 amide bonds. The Labute approximate surface area is 160 Å². The van der Waals surface area contributed by atoms with Crippen molar-refractivity contribution < 1.29 is 14.0 Å². The predicted molar refractivity (Wildman–Crippen MR) is 103 cm³/mol. The first kappa shape index (κ1) is 18.5. The normalized spacial score (nSPS) is 10.3. The summed E-state index contributed by atoms with van der Waals surface area (Å²) >= 11 is 5.72. The molecule has 0 bridgehead atoms. The summed E-state index contributed by atoms with van der Waals surface area (Å²) in [7, 11) is 0. The van der Waals surface area contributed by atoms with Crippen molar-refractivity contribution in [1.29, 1.82) is 0 Å². The van der Waals surface area contributed by atoms with Crippen LogP contribution in [0.15, 0.2) is 60.8 Å². The Kier molecular flexibility index (Phi) is 5.47. The summed E-state index contributed by atoms with van der Waals surface area (Å²) in [5.74, 6) is -1.02. The highest BCUT2D eigenvalue weighted by molar-refractivity contribution is 6.31. The maximum absolute atomic E-state index is 13.2. The molecule has 0 saturated carbocycles. The standard InChI is InChI=1S/C20H15ClFN3O2/c1-12(26)13-2-4-14(5-3-13)24-16-8-9-23-19(11-16)20(27)25-15-6-7-18(22)17(21)10-15/h2-11H,1H3,(H,23,24)(H,25,27). The van der Waals surface area contributed by atoms with Crippen molar-refractivity contribution >= 4 is 40.4 Å². The first-order valence-corrected chi connectivity index (χ1v) is 8.40. The van der Waals surface area contributed by atoms with Crippen LogP contribution in [-0.2, 0) is 0 Å². The quantitative estimate of drug-likeness (QED) is 0.603. The fourth-order valence-electron chi connectivity index (χ4n) is 2.36. The van der Waals surface area contributed by atoms with Gasteiger partial charge in [0.05, 0.1) is 5.02 Å². The Morgan fingerprint density at radius 3 is 2.33 bits per heavy atom. The summed E-state index contributed by atoms with van der Waals surface area (Å²) in [6.07, 6.45) is 1.50. The lowest BCUT2D eigenvalue weighted by Gasteiger charge is -2.09. The third-order valence-corrected chi connectivity index (χ3v) is 4.04. The zero-order chi connectivity index (χ0) is 19.4. The molecule has 0 radical (unpaired) electrons. The van der Waals surface area contributed by atoms with E-state index in [0.717, 1.165) is 5.69 Å². The number of amides is 1. The molecule has 3 rings (SSSR count). The summed E-state index contributed by atoms with van der Waals surface area (Å²) in [5, 5.41) is 5.68. The van der Waals surface area contributed by atoms with Gasteiger partial charge in [0.2, 0.25) is 0 Å². The van der Waals surface area contributed by atoms with Crippen LogP contribution in [0.5, 0.6) is 0 Å². The van der Waals surface area contributed by atoms with Gasteiger partial charge in [-0.1, -0.05) is 11.6 Å². The summed E-state index contributed by atoms with van der Waals surface area (Å²) in [6.45, 7) is 1.50. The molecule has 7 heteroatoms. The molecule has 0 fully saturated rings. The van der Waals surface area contributed by atoms with Crippen molar-refractivity contribution in [1.82, 2.24) is 4.98 Å². The minimum atomic E-state index is -0.560. The van der Waals surface area contributed by atoms with E-state index in [2.05, 4.69) is 15.6 Å². The van der Waals surface area contributed by atoms with E-state index in [0.29, 0.717) is 16.9 Å². The van der Waals surface area contributed by atoms with Gasteiger partial charge in [-0.25, -0.2) is 4.39 Å². The molecule has 0 aliphatic rings. The maximum atomic E-state index is 13.2. The second-order valence-corrected chi connectivity index (χ2v) is 6.18. The first-order valence-electron chi connectivity index (χ1n) is 8.03. The average molecular weight is 384 g/mol. The minimum Gasteiger partial charge on any atom is -0.355 e. The molecule has 0 aliphatic heterocycles. The third-order valence-electron chi connectivity index (χ3n) is 3.75. The summed E-state index contributed by atoms with van der Waals surface area (Å²) < 4.78 is 13.2. The zero-order valence-electron chi connectivity index (χ0n) is 14.3. The van der Waals surface area contributed by atoms with Crippen LogP contribution in [0.25, 0.3) is 0 Å². The molecule has 5 nitrogen and oxygen atoms in total. The van der Waals surface area contributed by atoms with Crippen molar-refractivity contribution in [2.45, 2.75) is 6.92 Å². The molecule has 2 aromatic carbocycles. The zero-order valence-corrected chi connectivity index (χ0v) is 15.0. The molecule has 0 spiro atoms. The van der Waals surface area contributed by atoms with Gasteiger partial charge in [-0.05, 0) is 61.5 Å². The number of benzene rings is 2. The van der Waals surface area contributed by atoms with Crippen LogP contribution in [0.1, 0.15) is 27.8 Å². The Bertz CT molecular complexity index is 1010. The Balaban J connectivity index is 1.73. The molecule has 0 atom stereocenters. The third kappa shape index (κ3) is 4.68. The van der Waals surface area contributed by atoms with Gasteiger partial charge >= 0.3 is 0 Å². The van der Waals surface area contributed by atoms with Gasteiger partial charge in [0.25, 0.3) is 5.91 Å². The summed E-state index contributed by atoms with van der Waals surface area (Å²) in [6, 6.07) is 14.2. The summed E-state index contributed by atoms with van der Waals surface area (Å²) in [4.78, 5) is 27.7. The monoisotopic (exact) mass is 383 g/mol. The van der Waals surface area contributed by atoms with Gasteiger partial charge in [-0.15, -0.1) is 0 Å². The van der Waals surface area contributed by atoms with Crippen LogP contribution in [-0.4, -0.2) is 16.7 Å². The van der Waals surface area contributed by atoms with Crippen molar-refractivity contribution in [2.24, 2.45) is 0 Å². The van der Waals surface area contributed by atoms with E-state index in [1.165, 1.54) is 31.3 Å². The van der Waals surface area contributed by atoms with E-state index in [1.54, 1.807) is 36.4 Å². The molecule has 27 heavy (non-hydrogen) atoms. The molecule has 2 N–H and O–H groups in total. The number of nitrogens with zero attached hydrogens (tertiary/aromatic N) is 1. The number of hydrogen-bond donors (Lipinski definition) is 2. The van der Waals surface area contributed by atoms with Gasteiger partial charge in [-0.3, -0.25) is 14.6 Å². The molecular formula is C20H15ClFN3O2. The van der Waals surface area contributed by atoms with E-state index in [-0.39, 0.29) is 16.5 Å². The number of Topliss-reactive ketones (excluding diaryl/α,β-unsaturated/α-hetero) is 1. The van der Waals surface area contributed by atoms with Crippen molar-refractivity contribution in [2.75, 3.05) is 10.6 Å². The van der Waals surface area contributed by atoms with Gasteiger partial charge < -0.3 is 10.6 Å². The predicted octanol–water partition coefficient (Wildman–Crippen LogP) is 5.07. The minimum absolute atomic E-state index is 0.00897. The lowest BCUT2D eigenvalue weighted by Crippen LogP contribution is -2.13.